The summed E-state index contributed by atoms with van der Waals surface area (Å²) >= 11 is 6.76. The number of rotatable bonds is 5. The molecule has 1 N–H and O–H groups in total. The van der Waals surface area contributed by atoms with Gasteiger partial charge in [0.25, 0.3) is 5.91 Å². The third-order valence-electron chi connectivity index (χ3n) is 8.18. The summed E-state index contributed by atoms with van der Waals surface area (Å²) in [6.45, 7) is 4.66. The molecule has 3 saturated carbocycles. The van der Waals surface area contributed by atoms with Crippen molar-refractivity contribution in [2.45, 2.75) is 88.2 Å². The van der Waals surface area contributed by atoms with Crippen LogP contribution in [0.4, 0.5) is 4.39 Å². The van der Waals surface area contributed by atoms with Crippen molar-refractivity contribution in [3.05, 3.63) is 29.1 Å². The first-order chi connectivity index (χ1) is 15.6. The molecule has 1 aromatic rings. The van der Waals surface area contributed by atoms with E-state index in [2.05, 4.69) is 13.8 Å². The molecule has 33 heavy (non-hydrogen) atoms. The molecule has 180 valence electrons. The molecule has 1 saturated heterocycles. The molecule has 0 spiro atoms. The van der Waals surface area contributed by atoms with E-state index in [0.29, 0.717) is 42.9 Å². The molecule has 5 rings (SSSR count). The Morgan fingerprint density at radius 3 is 2.67 bits per heavy atom. The fourth-order valence-corrected chi connectivity index (χ4v) is 7.13. The number of hydrogen-bond donors (Lipinski definition) is 1. The number of alkyl halides is 1. The Morgan fingerprint density at radius 2 is 1.97 bits per heavy atom. The zero-order valence-electron chi connectivity index (χ0n) is 19.4. The van der Waals surface area contributed by atoms with Crippen LogP contribution in [0.5, 0.6) is 5.75 Å². The number of fused-ring (bicyclic) bond motifs is 2. The largest absolute Gasteiger partial charge is 0.489 e. The number of ether oxygens (including phenoxy) is 1. The third-order valence-corrected chi connectivity index (χ3v) is 8.49. The summed E-state index contributed by atoms with van der Waals surface area (Å²) in [5, 5.41) is 9.44. The maximum atomic E-state index is 15.3. The molecule has 2 bridgehead atoms. The summed E-state index contributed by atoms with van der Waals surface area (Å²) in [6.07, 6.45) is 7.06. The van der Waals surface area contributed by atoms with Crippen molar-refractivity contribution in [3.8, 4) is 5.75 Å². The lowest BCUT2D eigenvalue weighted by atomic mass is 9.63. The molecule has 6 unspecified atom stereocenters. The van der Waals surface area contributed by atoms with Crippen LogP contribution >= 0.6 is 11.6 Å². The first-order valence-corrected chi connectivity index (χ1v) is 12.7. The average Bonchev–Trinajstić information content (AvgIpc) is 3.44. The Morgan fingerprint density at radius 1 is 1.21 bits per heavy atom. The fourth-order valence-electron chi connectivity index (χ4n) is 6.71. The van der Waals surface area contributed by atoms with Crippen molar-refractivity contribution in [2.24, 2.45) is 17.8 Å². The van der Waals surface area contributed by atoms with Crippen LogP contribution in [-0.2, 0) is 4.79 Å². The Kier molecular flexibility index (Phi) is 5.87. The van der Waals surface area contributed by atoms with E-state index in [1.54, 1.807) is 6.07 Å². The van der Waals surface area contributed by atoms with E-state index in [0.717, 1.165) is 44.1 Å². The van der Waals surface area contributed by atoms with Gasteiger partial charge < -0.3 is 14.7 Å². The molecule has 1 amide bonds. The van der Waals surface area contributed by atoms with Crippen molar-refractivity contribution in [3.63, 3.8) is 0 Å². The second kappa shape index (κ2) is 8.44. The minimum Gasteiger partial charge on any atom is -0.489 e. The number of nitrogens with zero attached hydrogens (tertiary/aromatic N) is 1. The van der Waals surface area contributed by atoms with Crippen molar-refractivity contribution in [2.75, 3.05) is 6.54 Å². The van der Waals surface area contributed by atoms with Crippen LogP contribution in [0.3, 0.4) is 0 Å². The Labute approximate surface area is 199 Å². The first kappa shape index (κ1) is 22.9. The highest BCUT2D eigenvalue weighted by Crippen LogP contribution is 2.51. The molecule has 4 fully saturated rings. The maximum Gasteiger partial charge on any atom is 0.326 e. The standard InChI is InChI=1S/C26H33ClFNO4/c1-14-8-15-9-17(13-26(2,27)12-15)23(14)33-22-11-20(28)19(10-18(22)16-5-6-16)24(30)29-7-3-4-21(29)25(31)32/h10-11,14-17,21,23H,3-9,12-13H2,1-2H3,(H,31,32). The van der Waals surface area contributed by atoms with Crippen LogP contribution in [0.25, 0.3) is 0 Å². The van der Waals surface area contributed by atoms with E-state index in [1.165, 1.54) is 11.0 Å². The summed E-state index contributed by atoms with van der Waals surface area (Å²) in [5.74, 6) is -0.0914. The smallest absolute Gasteiger partial charge is 0.326 e. The van der Waals surface area contributed by atoms with E-state index in [9.17, 15) is 14.7 Å². The molecule has 1 aromatic carbocycles. The number of aliphatic carboxylic acids is 1. The molecule has 7 heteroatoms. The highest BCUT2D eigenvalue weighted by Gasteiger charge is 2.46. The number of halogens is 2. The van der Waals surface area contributed by atoms with Gasteiger partial charge in [0.15, 0.2) is 0 Å². The molecule has 0 radical (unpaired) electrons. The molecule has 4 aliphatic rings. The van der Waals surface area contributed by atoms with Crippen LogP contribution in [-0.4, -0.2) is 45.4 Å². The summed E-state index contributed by atoms with van der Waals surface area (Å²) in [4.78, 5) is 25.7. The number of carbonyl (C=O) groups excluding carboxylic acids is 1. The highest BCUT2D eigenvalue weighted by molar-refractivity contribution is 6.23. The molecule has 0 aromatic heterocycles. The zero-order valence-corrected chi connectivity index (χ0v) is 20.1. The highest BCUT2D eigenvalue weighted by atomic mass is 35.5. The molecule has 5 nitrogen and oxygen atoms in total. The van der Waals surface area contributed by atoms with E-state index in [1.807, 2.05) is 0 Å². The first-order valence-electron chi connectivity index (χ1n) is 12.4. The number of carboxylic acids is 1. The van der Waals surface area contributed by atoms with Crippen LogP contribution in [0.1, 0.15) is 87.1 Å². The van der Waals surface area contributed by atoms with Gasteiger partial charge in [0.05, 0.1) is 5.56 Å². The van der Waals surface area contributed by atoms with Gasteiger partial charge in [0, 0.05) is 17.5 Å². The minimum atomic E-state index is -1.04. The van der Waals surface area contributed by atoms with Gasteiger partial charge in [-0.1, -0.05) is 6.92 Å². The number of amides is 1. The van der Waals surface area contributed by atoms with Gasteiger partial charge in [-0.25, -0.2) is 9.18 Å². The van der Waals surface area contributed by atoms with Crippen molar-refractivity contribution >= 4 is 23.5 Å². The summed E-state index contributed by atoms with van der Waals surface area (Å²) < 4.78 is 21.8. The lowest BCUT2D eigenvalue weighted by Crippen LogP contribution is -2.47. The van der Waals surface area contributed by atoms with E-state index in [4.69, 9.17) is 16.3 Å². The number of likely N-dealkylation sites (tertiary alicyclic amines) is 1. The Balaban J connectivity index is 1.43. The second-order valence-corrected chi connectivity index (χ2v) is 12.0. The maximum absolute atomic E-state index is 15.3. The van der Waals surface area contributed by atoms with E-state index in [-0.39, 0.29) is 22.5 Å². The molecule has 1 aliphatic heterocycles. The fraction of sp³-hybridized carbons (Fsp3) is 0.692. The van der Waals surface area contributed by atoms with Crippen LogP contribution < -0.4 is 4.74 Å². The van der Waals surface area contributed by atoms with E-state index < -0.39 is 23.7 Å². The Bertz CT molecular complexity index is 960. The molecule has 1 heterocycles. The number of carbonyl (C=O) groups is 2. The third kappa shape index (κ3) is 4.48. The minimum absolute atomic E-state index is 0.0203. The zero-order chi connectivity index (χ0) is 23.5. The van der Waals surface area contributed by atoms with Crippen LogP contribution in [0.2, 0.25) is 0 Å². The molecule has 3 aliphatic carbocycles. The van der Waals surface area contributed by atoms with Gasteiger partial charge in [-0.15, -0.1) is 11.6 Å². The van der Waals surface area contributed by atoms with Gasteiger partial charge in [-0.3, -0.25) is 4.79 Å². The summed E-state index contributed by atoms with van der Waals surface area (Å²) in [7, 11) is 0. The molecular formula is C26H33ClFNO4. The van der Waals surface area contributed by atoms with Crippen LogP contribution in [0, 0.1) is 23.6 Å². The summed E-state index contributed by atoms with van der Waals surface area (Å²) in [5.41, 5.74) is 0.838. The monoisotopic (exact) mass is 477 g/mol. The molecule has 6 atom stereocenters. The van der Waals surface area contributed by atoms with Gasteiger partial charge in [0.1, 0.15) is 23.7 Å². The quantitative estimate of drug-likeness (QED) is 0.561. The lowest BCUT2D eigenvalue weighted by Gasteiger charge is -2.48. The topological polar surface area (TPSA) is 66.8 Å². The number of carboxylic acid groups (broad SMARTS) is 1. The lowest BCUT2D eigenvalue weighted by molar-refractivity contribution is -0.141. The van der Waals surface area contributed by atoms with Gasteiger partial charge in [-0.2, -0.15) is 0 Å². The van der Waals surface area contributed by atoms with Crippen molar-refractivity contribution < 1.29 is 23.8 Å². The van der Waals surface area contributed by atoms with Gasteiger partial charge in [0.2, 0.25) is 0 Å². The number of benzene rings is 1. The average molecular weight is 478 g/mol. The molecular weight excluding hydrogens is 445 g/mol. The van der Waals surface area contributed by atoms with Crippen molar-refractivity contribution in [1.82, 2.24) is 4.90 Å². The predicted molar refractivity (Wildman–Crippen MR) is 123 cm³/mol. The normalized spacial score (nSPS) is 36.0. The van der Waals surface area contributed by atoms with E-state index >= 15 is 4.39 Å². The van der Waals surface area contributed by atoms with Gasteiger partial charge in [-0.05, 0) is 93.6 Å². The number of hydrogen-bond acceptors (Lipinski definition) is 3. The summed E-state index contributed by atoms with van der Waals surface area (Å²) in [6, 6.07) is 2.11. The van der Waals surface area contributed by atoms with Crippen LogP contribution in [0.15, 0.2) is 12.1 Å². The predicted octanol–water partition coefficient (Wildman–Crippen LogP) is 5.59. The second-order valence-electron chi connectivity index (χ2n) is 11.1. The van der Waals surface area contributed by atoms with Crippen molar-refractivity contribution in [1.29, 1.82) is 0 Å². The Hall–Kier alpha value is -1.82. The van der Waals surface area contributed by atoms with Gasteiger partial charge >= 0.3 is 5.97 Å². The SMILES string of the molecule is CC1CC2CC(CC(C)(Cl)C2)C1Oc1cc(F)c(C(=O)N2CCCC2C(=O)O)cc1C1CC1.